The SMILES string of the molecule is C#CC(C)NC(=O)Nc1cccc([N+](=O)[O-])c1. The van der Waals surface area contributed by atoms with Gasteiger partial charge in [-0.2, -0.15) is 0 Å². The summed E-state index contributed by atoms with van der Waals surface area (Å²) in [5.74, 6) is 2.33. The molecule has 2 amide bonds. The molecule has 1 aromatic rings. The predicted molar refractivity (Wildman–Crippen MR) is 63.5 cm³/mol. The molecule has 0 aliphatic heterocycles. The fourth-order valence-corrected chi connectivity index (χ4v) is 1.10. The molecule has 0 saturated carbocycles. The zero-order valence-electron chi connectivity index (χ0n) is 9.14. The van der Waals surface area contributed by atoms with E-state index in [0.29, 0.717) is 5.69 Å². The Morgan fingerprint density at radius 2 is 2.29 bits per heavy atom. The fraction of sp³-hybridized carbons (Fsp3) is 0.182. The Kier molecular flexibility index (Phi) is 4.06. The van der Waals surface area contributed by atoms with Gasteiger partial charge in [-0.1, -0.05) is 12.0 Å². The fourth-order valence-electron chi connectivity index (χ4n) is 1.10. The Bertz CT molecular complexity index is 479. The Balaban J connectivity index is 2.69. The van der Waals surface area contributed by atoms with Crippen LogP contribution in [0.1, 0.15) is 6.92 Å². The van der Waals surface area contributed by atoms with Gasteiger partial charge in [-0.3, -0.25) is 10.1 Å². The van der Waals surface area contributed by atoms with Crippen molar-refractivity contribution < 1.29 is 9.72 Å². The van der Waals surface area contributed by atoms with Gasteiger partial charge in [-0.15, -0.1) is 6.42 Å². The molecule has 17 heavy (non-hydrogen) atoms. The van der Waals surface area contributed by atoms with Crippen LogP contribution in [0.2, 0.25) is 0 Å². The van der Waals surface area contributed by atoms with Crippen LogP contribution in [0.25, 0.3) is 0 Å². The number of terminal acetylenes is 1. The first-order valence-electron chi connectivity index (χ1n) is 4.81. The van der Waals surface area contributed by atoms with Gasteiger partial charge in [0, 0.05) is 17.8 Å². The molecule has 1 atom stereocenters. The number of nitro benzene ring substituents is 1. The van der Waals surface area contributed by atoms with Gasteiger partial charge in [0.05, 0.1) is 11.0 Å². The summed E-state index contributed by atoms with van der Waals surface area (Å²) < 4.78 is 0. The Morgan fingerprint density at radius 1 is 1.59 bits per heavy atom. The summed E-state index contributed by atoms with van der Waals surface area (Å²) in [6.45, 7) is 1.65. The van der Waals surface area contributed by atoms with E-state index in [4.69, 9.17) is 6.42 Å². The number of non-ortho nitro benzene ring substituents is 1. The second kappa shape index (κ2) is 5.51. The first kappa shape index (κ1) is 12.5. The van der Waals surface area contributed by atoms with Gasteiger partial charge >= 0.3 is 6.03 Å². The van der Waals surface area contributed by atoms with Crippen molar-refractivity contribution in [2.75, 3.05) is 5.32 Å². The van der Waals surface area contributed by atoms with Crippen LogP contribution in [0.4, 0.5) is 16.2 Å². The lowest BCUT2D eigenvalue weighted by molar-refractivity contribution is -0.384. The molecule has 1 rings (SSSR count). The summed E-state index contributed by atoms with van der Waals surface area (Å²) in [7, 11) is 0. The van der Waals surface area contributed by atoms with Crippen molar-refractivity contribution in [3.05, 3.63) is 34.4 Å². The van der Waals surface area contributed by atoms with Crippen LogP contribution >= 0.6 is 0 Å². The summed E-state index contributed by atoms with van der Waals surface area (Å²) in [5, 5.41) is 15.4. The largest absolute Gasteiger partial charge is 0.325 e. The minimum atomic E-state index is -0.535. The zero-order valence-corrected chi connectivity index (χ0v) is 9.14. The highest BCUT2D eigenvalue weighted by atomic mass is 16.6. The standard InChI is InChI=1S/C11H11N3O3/c1-3-8(2)12-11(15)13-9-5-4-6-10(7-9)14(16)17/h1,4-8H,2H3,(H2,12,13,15). The number of nitro groups is 1. The van der Waals surface area contributed by atoms with Gasteiger partial charge in [-0.05, 0) is 13.0 Å². The maximum Gasteiger partial charge on any atom is 0.320 e. The molecular weight excluding hydrogens is 222 g/mol. The lowest BCUT2D eigenvalue weighted by atomic mass is 10.3. The molecule has 1 aromatic carbocycles. The number of carbonyl (C=O) groups excluding carboxylic acids is 1. The molecular formula is C11H11N3O3. The van der Waals surface area contributed by atoms with Crippen molar-refractivity contribution in [2.45, 2.75) is 13.0 Å². The number of nitrogens with zero attached hydrogens (tertiary/aromatic N) is 1. The van der Waals surface area contributed by atoms with Gasteiger partial charge in [0.2, 0.25) is 0 Å². The molecule has 0 aliphatic rings. The molecule has 0 radical (unpaired) electrons. The normalized spacial score (nSPS) is 11.1. The van der Waals surface area contributed by atoms with Gasteiger partial charge in [0.1, 0.15) is 0 Å². The monoisotopic (exact) mass is 233 g/mol. The molecule has 6 nitrogen and oxygen atoms in total. The van der Waals surface area contributed by atoms with Crippen molar-refractivity contribution in [3.63, 3.8) is 0 Å². The summed E-state index contributed by atoms with van der Waals surface area (Å²) in [6.07, 6.45) is 5.10. The Hall–Kier alpha value is -2.55. The number of carbonyl (C=O) groups is 1. The number of hydrogen-bond donors (Lipinski definition) is 2. The maximum absolute atomic E-state index is 11.4. The predicted octanol–water partition coefficient (Wildman–Crippen LogP) is 1.74. The third-order valence-electron chi connectivity index (χ3n) is 1.91. The molecule has 88 valence electrons. The van der Waals surface area contributed by atoms with Crippen molar-refractivity contribution in [1.82, 2.24) is 5.32 Å². The first-order chi connectivity index (χ1) is 8.02. The minimum Gasteiger partial charge on any atom is -0.325 e. The van der Waals surface area contributed by atoms with Gasteiger partial charge in [0.15, 0.2) is 0 Å². The number of nitrogens with one attached hydrogen (secondary N) is 2. The highest BCUT2D eigenvalue weighted by Gasteiger charge is 2.08. The van der Waals surface area contributed by atoms with E-state index >= 15 is 0 Å². The molecule has 0 heterocycles. The van der Waals surface area contributed by atoms with Gasteiger partial charge in [-0.25, -0.2) is 4.79 Å². The molecule has 6 heteroatoms. The van der Waals surface area contributed by atoms with Crippen molar-refractivity contribution in [3.8, 4) is 12.3 Å². The van der Waals surface area contributed by atoms with E-state index in [1.165, 1.54) is 18.2 Å². The van der Waals surface area contributed by atoms with Crippen molar-refractivity contribution in [1.29, 1.82) is 0 Å². The maximum atomic E-state index is 11.4. The smallest absolute Gasteiger partial charge is 0.320 e. The average molecular weight is 233 g/mol. The van der Waals surface area contributed by atoms with Gasteiger partial charge in [0.25, 0.3) is 5.69 Å². The lowest BCUT2D eigenvalue weighted by Crippen LogP contribution is -2.35. The van der Waals surface area contributed by atoms with Crippen LogP contribution in [0.15, 0.2) is 24.3 Å². The zero-order chi connectivity index (χ0) is 12.8. The van der Waals surface area contributed by atoms with E-state index in [9.17, 15) is 14.9 Å². The number of urea groups is 1. The molecule has 0 fully saturated rings. The van der Waals surface area contributed by atoms with Crippen LogP contribution in [0, 0.1) is 22.5 Å². The van der Waals surface area contributed by atoms with Crippen LogP contribution in [-0.2, 0) is 0 Å². The Morgan fingerprint density at radius 3 is 2.88 bits per heavy atom. The van der Waals surface area contributed by atoms with E-state index in [1.54, 1.807) is 13.0 Å². The lowest BCUT2D eigenvalue weighted by Gasteiger charge is -2.09. The summed E-state index contributed by atoms with van der Waals surface area (Å²) in [4.78, 5) is 21.4. The van der Waals surface area contributed by atoms with Gasteiger partial charge < -0.3 is 10.6 Å². The topological polar surface area (TPSA) is 84.3 Å². The second-order valence-corrected chi connectivity index (χ2v) is 3.29. The van der Waals surface area contributed by atoms with E-state index < -0.39 is 17.0 Å². The van der Waals surface area contributed by atoms with Crippen LogP contribution in [-0.4, -0.2) is 17.0 Å². The molecule has 0 aromatic heterocycles. The molecule has 0 spiro atoms. The minimum absolute atomic E-state index is 0.0900. The summed E-state index contributed by atoms with van der Waals surface area (Å²) >= 11 is 0. The Labute approximate surface area is 98.2 Å². The number of benzene rings is 1. The van der Waals surface area contributed by atoms with E-state index in [0.717, 1.165) is 0 Å². The quantitative estimate of drug-likeness (QED) is 0.473. The number of amides is 2. The first-order valence-corrected chi connectivity index (χ1v) is 4.81. The number of rotatable bonds is 3. The van der Waals surface area contributed by atoms with E-state index in [2.05, 4.69) is 16.6 Å². The third-order valence-corrected chi connectivity index (χ3v) is 1.91. The molecule has 1 unspecified atom stereocenters. The summed E-state index contributed by atoms with van der Waals surface area (Å²) in [6, 6.07) is 4.73. The molecule has 0 aliphatic carbocycles. The average Bonchev–Trinajstić information content (AvgIpc) is 2.28. The second-order valence-electron chi connectivity index (χ2n) is 3.29. The van der Waals surface area contributed by atoms with Crippen molar-refractivity contribution >= 4 is 17.4 Å². The van der Waals surface area contributed by atoms with Crippen molar-refractivity contribution in [2.24, 2.45) is 0 Å². The van der Waals surface area contributed by atoms with E-state index in [1.807, 2.05) is 0 Å². The number of hydrogen-bond acceptors (Lipinski definition) is 3. The number of anilines is 1. The third kappa shape index (κ3) is 3.83. The molecule has 0 saturated heterocycles. The molecule has 2 N–H and O–H groups in total. The highest BCUT2D eigenvalue weighted by Crippen LogP contribution is 2.16. The highest BCUT2D eigenvalue weighted by molar-refractivity contribution is 5.89. The summed E-state index contributed by atoms with van der Waals surface area (Å²) in [5.41, 5.74) is 0.244. The van der Waals surface area contributed by atoms with Crippen LogP contribution in [0.5, 0.6) is 0 Å². The van der Waals surface area contributed by atoms with Crippen LogP contribution < -0.4 is 10.6 Å². The van der Waals surface area contributed by atoms with E-state index in [-0.39, 0.29) is 5.69 Å². The van der Waals surface area contributed by atoms with Crippen LogP contribution in [0.3, 0.4) is 0 Å². The molecule has 0 bridgehead atoms.